The number of anilines is 1. The van der Waals surface area contributed by atoms with Crippen molar-refractivity contribution in [1.29, 1.82) is 0 Å². The Morgan fingerprint density at radius 3 is 2.33 bits per heavy atom. The average Bonchev–Trinajstić information content (AvgIpc) is 2.31. The minimum absolute atomic E-state index is 0.0144. The van der Waals surface area contributed by atoms with E-state index >= 15 is 0 Å². The maximum Gasteiger partial charge on any atom is 0.390 e. The monoisotopic (exact) mass is 303 g/mol. The molecule has 3 nitrogen and oxygen atoms in total. The van der Waals surface area contributed by atoms with E-state index in [1.165, 1.54) is 0 Å². The largest absolute Gasteiger partial charge is 0.390 e. The number of alkyl halides is 3. The second-order valence-corrected chi connectivity index (χ2v) is 6.37. The second-order valence-electron chi connectivity index (χ2n) is 6.37. The van der Waals surface area contributed by atoms with Crippen LogP contribution >= 0.6 is 0 Å². The molecule has 0 saturated heterocycles. The average molecular weight is 303 g/mol. The van der Waals surface area contributed by atoms with E-state index in [2.05, 4.69) is 31.1 Å². The van der Waals surface area contributed by atoms with Crippen LogP contribution in [0.3, 0.4) is 0 Å². The summed E-state index contributed by atoms with van der Waals surface area (Å²) in [5, 5.41) is 3.36. The summed E-state index contributed by atoms with van der Waals surface area (Å²) in [6.45, 7) is 8.62. The molecule has 0 spiro atoms. The first-order valence-electron chi connectivity index (χ1n) is 6.97. The van der Waals surface area contributed by atoms with Gasteiger partial charge in [0.1, 0.15) is 5.82 Å². The summed E-state index contributed by atoms with van der Waals surface area (Å²) in [5.74, 6) is 0.574. The molecule has 0 aliphatic rings. The summed E-state index contributed by atoms with van der Waals surface area (Å²) >= 11 is 0. The van der Waals surface area contributed by atoms with Crippen molar-refractivity contribution in [3.63, 3.8) is 0 Å². The van der Waals surface area contributed by atoms with Crippen molar-refractivity contribution in [2.24, 2.45) is 0 Å². The lowest BCUT2D eigenvalue weighted by molar-refractivity contribution is -0.132. The van der Waals surface area contributed by atoms with Crippen molar-refractivity contribution in [2.45, 2.75) is 52.4 Å². The number of aryl methyl sites for hydroxylation is 1. The van der Waals surface area contributed by atoms with Gasteiger partial charge < -0.3 is 10.2 Å². The number of nitrogens with one attached hydrogen (secondary N) is 1. The van der Waals surface area contributed by atoms with Crippen LogP contribution < -0.4 is 10.2 Å². The summed E-state index contributed by atoms with van der Waals surface area (Å²) in [6.07, 6.45) is -4.98. The summed E-state index contributed by atoms with van der Waals surface area (Å²) in [5.41, 5.74) is 1.81. The second kappa shape index (κ2) is 6.64. The van der Waals surface area contributed by atoms with Gasteiger partial charge >= 0.3 is 6.18 Å². The third-order valence-corrected chi connectivity index (χ3v) is 2.94. The van der Waals surface area contributed by atoms with Gasteiger partial charge in [-0.3, -0.25) is 0 Å². The zero-order valence-corrected chi connectivity index (χ0v) is 13.3. The smallest absolute Gasteiger partial charge is 0.359 e. The van der Waals surface area contributed by atoms with Crippen LogP contribution in [-0.4, -0.2) is 30.3 Å². The van der Waals surface area contributed by atoms with Gasteiger partial charge in [-0.2, -0.15) is 13.2 Å². The molecule has 0 aliphatic heterocycles. The number of hydrogen-bond donors (Lipinski definition) is 1. The quantitative estimate of drug-likeness (QED) is 0.899. The van der Waals surface area contributed by atoms with Gasteiger partial charge in [-0.1, -0.05) is 0 Å². The molecule has 1 heterocycles. The van der Waals surface area contributed by atoms with Crippen LogP contribution in [0.4, 0.5) is 19.0 Å². The minimum atomic E-state index is -4.14. The predicted octanol–water partition coefficient (Wildman–Crippen LogP) is 3.67. The van der Waals surface area contributed by atoms with E-state index in [0.717, 1.165) is 11.3 Å². The lowest BCUT2D eigenvalue weighted by Gasteiger charge is -2.23. The Kier molecular flexibility index (Phi) is 5.61. The van der Waals surface area contributed by atoms with Crippen LogP contribution in [0.1, 0.15) is 38.4 Å². The van der Waals surface area contributed by atoms with Crippen molar-refractivity contribution in [1.82, 2.24) is 10.3 Å². The Balaban J connectivity index is 2.76. The maximum absolute atomic E-state index is 12.3. The molecule has 120 valence electrons. The first-order chi connectivity index (χ1) is 9.46. The number of pyridine rings is 1. The van der Waals surface area contributed by atoms with Gasteiger partial charge in [0, 0.05) is 31.4 Å². The molecule has 0 saturated carbocycles. The highest BCUT2D eigenvalue weighted by Gasteiger charge is 2.27. The molecule has 21 heavy (non-hydrogen) atoms. The lowest BCUT2D eigenvalue weighted by Crippen LogP contribution is -2.35. The number of aromatic nitrogens is 1. The van der Waals surface area contributed by atoms with E-state index in [1.807, 2.05) is 19.1 Å². The fourth-order valence-electron chi connectivity index (χ4n) is 1.79. The van der Waals surface area contributed by atoms with Crippen molar-refractivity contribution in [3.8, 4) is 0 Å². The number of nitrogens with zero attached hydrogens (tertiary/aromatic N) is 2. The molecule has 0 fully saturated rings. The molecular formula is C15H24F3N3. The molecule has 0 bridgehead atoms. The lowest BCUT2D eigenvalue weighted by atomic mass is 10.1. The van der Waals surface area contributed by atoms with Gasteiger partial charge in [0.2, 0.25) is 0 Å². The SMILES string of the molecule is Cc1cc(CNC(C)(C)C)cc(N(C)CCC(F)(F)F)n1. The Morgan fingerprint density at radius 2 is 1.81 bits per heavy atom. The van der Waals surface area contributed by atoms with E-state index in [9.17, 15) is 13.2 Å². The molecule has 1 rings (SSSR count). The van der Waals surface area contributed by atoms with Crippen LogP contribution in [-0.2, 0) is 6.54 Å². The first kappa shape index (κ1) is 17.8. The van der Waals surface area contributed by atoms with Crippen molar-refractivity contribution in [3.05, 3.63) is 23.4 Å². The van der Waals surface area contributed by atoms with Crippen LogP contribution in [0.2, 0.25) is 0 Å². The molecule has 0 amide bonds. The predicted molar refractivity (Wildman–Crippen MR) is 79.5 cm³/mol. The minimum Gasteiger partial charge on any atom is -0.359 e. The third-order valence-electron chi connectivity index (χ3n) is 2.94. The molecule has 1 N–H and O–H groups in total. The van der Waals surface area contributed by atoms with Crippen LogP contribution in [0.5, 0.6) is 0 Å². The topological polar surface area (TPSA) is 28.2 Å². The highest BCUT2D eigenvalue weighted by atomic mass is 19.4. The van der Waals surface area contributed by atoms with Gasteiger partial charge in [0.05, 0.1) is 6.42 Å². The van der Waals surface area contributed by atoms with Crippen LogP contribution in [0.15, 0.2) is 12.1 Å². The van der Waals surface area contributed by atoms with E-state index in [-0.39, 0.29) is 12.1 Å². The summed E-state index contributed by atoms with van der Waals surface area (Å²) in [4.78, 5) is 5.85. The van der Waals surface area contributed by atoms with Gasteiger partial charge in [-0.05, 0) is 45.4 Å². The van der Waals surface area contributed by atoms with Gasteiger partial charge in [0.25, 0.3) is 0 Å². The summed E-state index contributed by atoms with van der Waals surface area (Å²) in [7, 11) is 1.63. The molecule has 0 aliphatic carbocycles. The van der Waals surface area contributed by atoms with Crippen molar-refractivity contribution >= 4 is 5.82 Å². The number of halogens is 3. The highest BCUT2D eigenvalue weighted by molar-refractivity contribution is 5.41. The van der Waals surface area contributed by atoms with E-state index < -0.39 is 12.6 Å². The number of hydrogen-bond acceptors (Lipinski definition) is 3. The maximum atomic E-state index is 12.3. The zero-order valence-electron chi connectivity index (χ0n) is 13.3. The molecule has 1 aromatic heterocycles. The fraction of sp³-hybridized carbons (Fsp3) is 0.667. The summed E-state index contributed by atoms with van der Waals surface area (Å²) in [6, 6.07) is 3.78. The molecule has 0 unspecified atom stereocenters. The highest BCUT2D eigenvalue weighted by Crippen LogP contribution is 2.21. The van der Waals surface area contributed by atoms with Gasteiger partial charge in [-0.15, -0.1) is 0 Å². The van der Waals surface area contributed by atoms with Crippen LogP contribution in [0, 0.1) is 6.92 Å². The third kappa shape index (κ3) is 7.32. The van der Waals surface area contributed by atoms with E-state index in [1.54, 1.807) is 11.9 Å². The standard InChI is InChI=1S/C15H24F3N3/c1-11-8-12(10-19-14(2,3)4)9-13(20-11)21(5)7-6-15(16,17)18/h8-9,19H,6-7,10H2,1-5H3. The van der Waals surface area contributed by atoms with E-state index in [4.69, 9.17) is 0 Å². The Bertz CT molecular complexity index is 464. The zero-order chi connectivity index (χ0) is 16.3. The van der Waals surface area contributed by atoms with Crippen molar-refractivity contribution < 1.29 is 13.2 Å². The molecule has 0 radical (unpaired) electrons. The molecular weight excluding hydrogens is 279 g/mol. The van der Waals surface area contributed by atoms with Gasteiger partial charge in [0.15, 0.2) is 0 Å². The normalized spacial score (nSPS) is 12.6. The van der Waals surface area contributed by atoms with Gasteiger partial charge in [-0.25, -0.2) is 4.98 Å². The molecule has 0 aromatic carbocycles. The molecule has 0 atom stereocenters. The Morgan fingerprint density at radius 1 is 1.19 bits per heavy atom. The molecule has 1 aromatic rings. The first-order valence-corrected chi connectivity index (χ1v) is 6.97. The number of rotatable bonds is 5. The molecule has 6 heteroatoms. The van der Waals surface area contributed by atoms with Crippen LogP contribution in [0.25, 0.3) is 0 Å². The van der Waals surface area contributed by atoms with Crippen molar-refractivity contribution in [2.75, 3.05) is 18.5 Å². The van der Waals surface area contributed by atoms with E-state index in [0.29, 0.717) is 12.4 Å². The summed E-state index contributed by atoms with van der Waals surface area (Å²) < 4.78 is 36.9. The Labute approximate surface area is 124 Å². The fourth-order valence-corrected chi connectivity index (χ4v) is 1.79. The Hall–Kier alpha value is -1.30.